The molecule has 1 fully saturated rings. The Morgan fingerprint density at radius 3 is 3.06 bits per heavy atom. The summed E-state index contributed by atoms with van der Waals surface area (Å²) in [6.45, 7) is 0.900. The van der Waals surface area contributed by atoms with Crippen molar-refractivity contribution in [3.05, 3.63) is 33.3 Å². The highest BCUT2D eigenvalue weighted by Crippen LogP contribution is 2.29. The number of hydrogen-bond donors (Lipinski definition) is 1. The fraction of sp³-hybridized carbons (Fsp3) is 0.538. The number of halogens is 2. The molecule has 1 aliphatic rings. The third kappa shape index (κ3) is 3.68. The van der Waals surface area contributed by atoms with Crippen LogP contribution in [0.15, 0.2) is 22.7 Å². The molecule has 0 radical (unpaired) electrons. The second-order valence-electron chi connectivity index (χ2n) is 4.48. The molecule has 94 valence electrons. The molecular weight excluding hydrogens is 302 g/mol. The summed E-state index contributed by atoms with van der Waals surface area (Å²) >= 11 is 9.60. The Bertz CT molecular complexity index is 380. The molecule has 17 heavy (non-hydrogen) atoms. The number of ether oxygens (including phenoxy) is 1. The fourth-order valence-corrected chi connectivity index (χ4v) is 2.83. The van der Waals surface area contributed by atoms with Gasteiger partial charge in [-0.25, -0.2) is 0 Å². The summed E-state index contributed by atoms with van der Waals surface area (Å²) in [5.74, 6) is 0. The van der Waals surface area contributed by atoms with Gasteiger partial charge in [0.2, 0.25) is 0 Å². The van der Waals surface area contributed by atoms with E-state index in [1.54, 1.807) is 0 Å². The van der Waals surface area contributed by atoms with E-state index in [0.717, 1.165) is 34.5 Å². The van der Waals surface area contributed by atoms with Gasteiger partial charge in [0.1, 0.15) is 0 Å². The van der Waals surface area contributed by atoms with E-state index in [2.05, 4.69) is 15.9 Å². The minimum absolute atomic E-state index is 0.0100. The van der Waals surface area contributed by atoms with Crippen molar-refractivity contribution in [1.82, 2.24) is 0 Å². The molecule has 2 nitrogen and oxygen atoms in total. The molecule has 2 N–H and O–H groups in total. The summed E-state index contributed by atoms with van der Waals surface area (Å²) in [5, 5.41) is 0.744. The molecule has 0 aromatic heterocycles. The third-order valence-electron chi connectivity index (χ3n) is 3.18. The summed E-state index contributed by atoms with van der Waals surface area (Å²) in [4.78, 5) is 0. The van der Waals surface area contributed by atoms with Crippen LogP contribution in [0.1, 0.15) is 37.3 Å². The minimum Gasteiger partial charge on any atom is -0.378 e. The first-order valence-corrected chi connectivity index (χ1v) is 7.16. The molecule has 0 bridgehead atoms. The lowest BCUT2D eigenvalue weighted by Gasteiger charge is -2.16. The molecular formula is C13H17BrClNO. The monoisotopic (exact) mass is 317 g/mol. The van der Waals surface area contributed by atoms with Crippen LogP contribution in [-0.4, -0.2) is 12.7 Å². The zero-order chi connectivity index (χ0) is 12.3. The van der Waals surface area contributed by atoms with Gasteiger partial charge in [-0.05, 0) is 49.4 Å². The maximum Gasteiger partial charge on any atom is 0.0576 e. The summed E-state index contributed by atoms with van der Waals surface area (Å²) < 4.78 is 6.61. The van der Waals surface area contributed by atoms with Crippen molar-refractivity contribution >= 4 is 27.5 Å². The highest BCUT2D eigenvalue weighted by atomic mass is 79.9. The molecule has 2 atom stereocenters. The van der Waals surface area contributed by atoms with E-state index in [1.807, 2.05) is 18.2 Å². The molecule has 1 aromatic carbocycles. The molecule has 2 rings (SSSR count). The maximum absolute atomic E-state index is 6.18. The minimum atomic E-state index is -0.0100. The van der Waals surface area contributed by atoms with E-state index in [4.69, 9.17) is 22.1 Å². The Hall–Kier alpha value is -0.0900. The normalized spacial score (nSPS) is 21.7. The van der Waals surface area contributed by atoms with Gasteiger partial charge in [-0.2, -0.15) is 0 Å². The van der Waals surface area contributed by atoms with E-state index in [-0.39, 0.29) is 6.04 Å². The molecule has 1 saturated heterocycles. The van der Waals surface area contributed by atoms with Gasteiger partial charge in [0.15, 0.2) is 0 Å². The van der Waals surface area contributed by atoms with Crippen molar-refractivity contribution in [2.24, 2.45) is 5.73 Å². The van der Waals surface area contributed by atoms with Crippen molar-refractivity contribution in [3.63, 3.8) is 0 Å². The molecule has 0 spiro atoms. The van der Waals surface area contributed by atoms with Gasteiger partial charge in [0.05, 0.1) is 6.10 Å². The molecule has 1 aliphatic heterocycles. The Morgan fingerprint density at radius 2 is 2.35 bits per heavy atom. The molecule has 1 aromatic rings. The lowest BCUT2D eigenvalue weighted by molar-refractivity contribution is 0.101. The standard InChI is InChI=1S/C13H17BrClNO/c14-9-3-5-12(15)11(8-9)13(16)6-4-10-2-1-7-17-10/h3,5,8,10,13H,1-2,4,6-7,16H2. The van der Waals surface area contributed by atoms with Gasteiger partial charge in [-0.15, -0.1) is 0 Å². The molecule has 0 amide bonds. The number of nitrogens with two attached hydrogens (primary N) is 1. The molecule has 1 heterocycles. The summed E-state index contributed by atoms with van der Waals surface area (Å²) in [7, 11) is 0. The van der Waals surface area contributed by atoms with Crippen LogP contribution in [0.2, 0.25) is 5.02 Å². The van der Waals surface area contributed by atoms with Crippen molar-refractivity contribution in [1.29, 1.82) is 0 Å². The zero-order valence-corrected chi connectivity index (χ0v) is 12.0. The van der Waals surface area contributed by atoms with Gasteiger partial charge in [-0.3, -0.25) is 0 Å². The average molecular weight is 319 g/mol. The van der Waals surface area contributed by atoms with E-state index in [1.165, 1.54) is 12.8 Å². The van der Waals surface area contributed by atoms with Crippen LogP contribution >= 0.6 is 27.5 Å². The number of benzene rings is 1. The van der Waals surface area contributed by atoms with Crippen molar-refractivity contribution < 1.29 is 4.74 Å². The number of rotatable bonds is 4. The third-order valence-corrected chi connectivity index (χ3v) is 4.02. The molecule has 0 aliphatic carbocycles. The highest BCUT2D eigenvalue weighted by Gasteiger charge is 2.18. The Kier molecular flexibility index (Phi) is 4.86. The van der Waals surface area contributed by atoms with E-state index in [9.17, 15) is 0 Å². The van der Waals surface area contributed by atoms with Gasteiger partial charge in [0, 0.05) is 22.1 Å². The summed E-state index contributed by atoms with van der Waals surface area (Å²) in [6.07, 6.45) is 4.67. The van der Waals surface area contributed by atoms with Crippen LogP contribution in [0.3, 0.4) is 0 Å². The van der Waals surface area contributed by atoms with E-state index >= 15 is 0 Å². The average Bonchev–Trinajstić information content (AvgIpc) is 2.82. The van der Waals surface area contributed by atoms with Crippen LogP contribution in [0, 0.1) is 0 Å². The van der Waals surface area contributed by atoms with Crippen LogP contribution < -0.4 is 5.73 Å². The van der Waals surface area contributed by atoms with Crippen LogP contribution in [-0.2, 0) is 4.74 Å². The largest absolute Gasteiger partial charge is 0.378 e. The quantitative estimate of drug-likeness (QED) is 0.908. The Morgan fingerprint density at radius 1 is 1.53 bits per heavy atom. The Labute approximate surface area is 116 Å². The first-order valence-electron chi connectivity index (χ1n) is 5.99. The summed E-state index contributed by atoms with van der Waals surface area (Å²) in [6, 6.07) is 5.80. The predicted molar refractivity (Wildman–Crippen MR) is 74.3 cm³/mol. The zero-order valence-electron chi connectivity index (χ0n) is 9.66. The smallest absolute Gasteiger partial charge is 0.0576 e. The highest BCUT2D eigenvalue weighted by molar-refractivity contribution is 9.10. The van der Waals surface area contributed by atoms with Crippen LogP contribution in [0.4, 0.5) is 0 Å². The SMILES string of the molecule is NC(CCC1CCCO1)c1cc(Br)ccc1Cl. The van der Waals surface area contributed by atoms with Gasteiger partial charge in [-0.1, -0.05) is 27.5 Å². The number of hydrogen-bond acceptors (Lipinski definition) is 2. The van der Waals surface area contributed by atoms with E-state index in [0.29, 0.717) is 6.10 Å². The van der Waals surface area contributed by atoms with Crippen molar-refractivity contribution in [2.45, 2.75) is 37.8 Å². The maximum atomic E-state index is 6.18. The second-order valence-corrected chi connectivity index (χ2v) is 5.81. The first kappa shape index (κ1) is 13.3. The van der Waals surface area contributed by atoms with Crippen molar-refractivity contribution in [2.75, 3.05) is 6.61 Å². The molecule has 4 heteroatoms. The fourth-order valence-electron chi connectivity index (χ4n) is 2.19. The van der Waals surface area contributed by atoms with Crippen molar-refractivity contribution in [3.8, 4) is 0 Å². The lowest BCUT2D eigenvalue weighted by Crippen LogP contribution is -2.14. The second kappa shape index (κ2) is 6.19. The van der Waals surface area contributed by atoms with Crippen LogP contribution in [0.25, 0.3) is 0 Å². The topological polar surface area (TPSA) is 35.2 Å². The Balaban J connectivity index is 1.93. The molecule has 0 saturated carbocycles. The predicted octanol–water partition coefficient (Wildman–Crippen LogP) is 4.06. The summed E-state index contributed by atoms with van der Waals surface area (Å²) in [5.41, 5.74) is 7.19. The van der Waals surface area contributed by atoms with Gasteiger partial charge >= 0.3 is 0 Å². The van der Waals surface area contributed by atoms with E-state index < -0.39 is 0 Å². The molecule has 2 unspecified atom stereocenters. The van der Waals surface area contributed by atoms with Crippen LogP contribution in [0.5, 0.6) is 0 Å². The first-order chi connectivity index (χ1) is 8.16. The lowest BCUT2D eigenvalue weighted by atomic mass is 10.00. The van der Waals surface area contributed by atoms with Gasteiger partial charge < -0.3 is 10.5 Å². The van der Waals surface area contributed by atoms with Gasteiger partial charge in [0.25, 0.3) is 0 Å².